The van der Waals surface area contributed by atoms with Crippen LogP contribution in [0.1, 0.15) is 83.1 Å². The van der Waals surface area contributed by atoms with Gasteiger partial charge in [0.1, 0.15) is 11.4 Å². The molecule has 2 aliphatic rings. The van der Waals surface area contributed by atoms with Crippen LogP contribution in [0, 0.1) is 11.8 Å². The van der Waals surface area contributed by atoms with E-state index in [2.05, 4.69) is 0 Å². The van der Waals surface area contributed by atoms with E-state index in [0.29, 0.717) is 59.7 Å². The van der Waals surface area contributed by atoms with E-state index in [4.69, 9.17) is 19.2 Å². The first-order valence-corrected chi connectivity index (χ1v) is 17.1. The number of hydrogen-bond donors (Lipinski definition) is 2. The number of fused-ring (bicyclic) bond motifs is 4. The molecule has 1 amide bonds. The zero-order chi connectivity index (χ0) is 35.8. The van der Waals surface area contributed by atoms with E-state index in [9.17, 15) is 24.6 Å². The summed E-state index contributed by atoms with van der Waals surface area (Å²) in [6, 6.07) is 7.10. The second-order valence-corrected chi connectivity index (χ2v) is 14.7. The molecule has 2 aliphatic heterocycles. The van der Waals surface area contributed by atoms with Crippen LogP contribution >= 0.6 is 0 Å². The third-order valence-corrected chi connectivity index (χ3v) is 9.25. The van der Waals surface area contributed by atoms with E-state index in [1.165, 1.54) is 0 Å². The maximum absolute atomic E-state index is 13.7. The van der Waals surface area contributed by atoms with Crippen LogP contribution in [-0.2, 0) is 40.6 Å². The Morgan fingerprint density at radius 3 is 2.53 bits per heavy atom. The predicted molar refractivity (Wildman–Crippen MR) is 185 cm³/mol. The largest absolute Gasteiger partial charge is 0.460 e. The minimum absolute atomic E-state index is 0.104. The van der Waals surface area contributed by atoms with Crippen molar-refractivity contribution in [3.05, 3.63) is 56.9 Å². The van der Waals surface area contributed by atoms with Gasteiger partial charge in [0.05, 0.1) is 42.6 Å². The third kappa shape index (κ3) is 7.82. The Labute approximate surface area is 287 Å². The molecule has 0 spiro atoms. The minimum Gasteiger partial charge on any atom is -0.460 e. The van der Waals surface area contributed by atoms with Gasteiger partial charge in [-0.05, 0) is 90.4 Å². The molecule has 12 nitrogen and oxygen atoms in total. The fourth-order valence-electron chi connectivity index (χ4n) is 6.77. The molecule has 2 aromatic heterocycles. The van der Waals surface area contributed by atoms with Crippen molar-refractivity contribution in [1.29, 1.82) is 0 Å². The van der Waals surface area contributed by atoms with Gasteiger partial charge in [-0.3, -0.25) is 9.59 Å². The first-order chi connectivity index (χ1) is 23.1. The highest BCUT2D eigenvalue weighted by Crippen LogP contribution is 2.37. The van der Waals surface area contributed by atoms with Crippen molar-refractivity contribution in [2.24, 2.45) is 11.8 Å². The summed E-state index contributed by atoms with van der Waals surface area (Å²) in [5.41, 5.74) is 3.40. The van der Waals surface area contributed by atoms with E-state index >= 15 is 0 Å². The first-order valence-electron chi connectivity index (χ1n) is 17.1. The molecular formula is C37H50N4O8. The number of benzene rings is 1. The molecule has 1 aromatic carbocycles. The van der Waals surface area contributed by atoms with Crippen molar-refractivity contribution in [2.75, 3.05) is 20.6 Å². The van der Waals surface area contributed by atoms with Crippen molar-refractivity contribution in [2.45, 2.75) is 105 Å². The summed E-state index contributed by atoms with van der Waals surface area (Å²) >= 11 is 0. The van der Waals surface area contributed by atoms with Crippen molar-refractivity contribution >= 4 is 23.0 Å². The van der Waals surface area contributed by atoms with E-state index in [-0.39, 0.29) is 49.2 Å². The topological polar surface area (TPSA) is 144 Å². The Morgan fingerprint density at radius 1 is 1.14 bits per heavy atom. The van der Waals surface area contributed by atoms with Crippen molar-refractivity contribution < 1.29 is 34.0 Å². The summed E-state index contributed by atoms with van der Waals surface area (Å²) in [5.74, 6) is -0.233. The van der Waals surface area contributed by atoms with Crippen molar-refractivity contribution in [1.82, 2.24) is 19.4 Å². The number of aliphatic hydroxyl groups excluding tert-OH is 2. The number of aliphatic hydroxyl groups is 2. The zero-order valence-corrected chi connectivity index (χ0v) is 29.9. The number of nitrogens with zero attached hydrogens (tertiary/aromatic N) is 4. The van der Waals surface area contributed by atoms with Crippen LogP contribution in [0.2, 0.25) is 0 Å². The smallest absolute Gasteiger partial charge is 0.415 e. The second kappa shape index (κ2) is 14.6. The number of aromatic nitrogens is 2. The van der Waals surface area contributed by atoms with Gasteiger partial charge in [-0.15, -0.1) is 0 Å². The average Bonchev–Trinajstić information content (AvgIpc) is 3.38. The number of ether oxygens (including phenoxy) is 3. The molecule has 1 fully saturated rings. The normalized spacial score (nSPS) is 19.6. The lowest BCUT2D eigenvalue weighted by Gasteiger charge is -2.40. The quantitative estimate of drug-likeness (QED) is 0.177. The second-order valence-electron chi connectivity index (χ2n) is 14.7. The lowest BCUT2D eigenvalue weighted by Crippen LogP contribution is -2.51. The van der Waals surface area contributed by atoms with Crippen LogP contribution in [0.25, 0.3) is 22.3 Å². The highest BCUT2D eigenvalue weighted by Gasteiger charge is 2.40. The van der Waals surface area contributed by atoms with Gasteiger partial charge in [-0.2, -0.15) is 0 Å². The van der Waals surface area contributed by atoms with E-state index in [1.807, 2.05) is 72.7 Å². The average molecular weight is 679 g/mol. The molecule has 3 aromatic rings. The van der Waals surface area contributed by atoms with Crippen LogP contribution < -0.4 is 10.3 Å². The molecule has 1 saturated heterocycles. The number of rotatable bonds is 10. The number of pyridine rings is 2. The highest BCUT2D eigenvalue weighted by atomic mass is 16.6. The van der Waals surface area contributed by atoms with Crippen molar-refractivity contribution in [3.8, 4) is 17.1 Å². The molecule has 4 heterocycles. The van der Waals surface area contributed by atoms with Crippen molar-refractivity contribution in [3.63, 3.8) is 0 Å². The van der Waals surface area contributed by atoms with E-state index in [0.717, 1.165) is 22.9 Å². The standard InChI is InChI=1S/C37H50N4O8/c1-9-10-32(43)47-20-28-24(19-42)15-30-33-23(17-41(30)34(28)44)14-26-27(18-39(7)8)31(12-11-29(26)38-33)48-36(46)40-16-21(2)25(13-22(40)3)35(45)49-37(4,5)6/h11-12,14-15,21-22,25,32,42-43H,9-10,13,16-20H2,1-8H3/t21-,22+,25?,32?/m0/s1. The Bertz CT molecular complexity index is 1780. The molecular weight excluding hydrogens is 628 g/mol. The number of amides is 1. The Morgan fingerprint density at radius 2 is 1.88 bits per heavy atom. The van der Waals surface area contributed by atoms with Gasteiger partial charge >= 0.3 is 12.1 Å². The lowest BCUT2D eigenvalue weighted by atomic mass is 9.83. The molecule has 49 heavy (non-hydrogen) atoms. The molecule has 0 saturated carbocycles. The predicted octanol–water partition coefficient (Wildman–Crippen LogP) is 4.80. The maximum atomic E-state index is 13.7. The first kappa shape index (κ1) is 36.4. The van der Waals surface area contributed by atoms with E-state index < -0.39 is 18.0 Å². The van der Waals surface area contributed by atoms with Crippen LogP contribution in [-0.4, -0.2) is 80.2 Å². The van der Waals surface area contributed by atoms with Gasteiger partial charge < -0.3 is 38.8 Å². The fourth-order valence-corrected chi connectivity index (χ4v) is 6.77. The van der Waals surface area contributed by atoms with Crippen LogP contribution in [0.5, 0.6) is 5.75 Å². The van der Waals surface area contributed by atoms with Crippen LogP contribution in [0.4, 0.5) is 4.79 Å². The molecule has 266 valence electrons. The summed E-state index contributed by atoms with van der Waals surface area (Å²) in [5, 5.41) is 21.0. The van der Waals surface area contributed by atoms with E-state index in [1.54, 1.807) is 21.6 Å². The van der Waals surface area contributed by atoms with Crippen LogP contribution in [0.15, 0.2) is 29.1 Å². The number of carbonyl (C=O) groups excluding carboxylic acids is 2. The number of esters is 1. The molecule has 2 N–H and O–H groups in total. The highest BCUT2D eigenvalue weighted by molar-refractivity contribution is 5.89. The molecule has 0 aliphatic carbocycles. The van der Waals surface area contributed by atoms with Gasteiger partial charge in [0.25, 0.3) is 5.56 Å². The third-order valence-electron chi connectivity index (χ3n) is 9.25. The summed E-state index contributed by atoms with van der Waals surface area (Å²) in [4.78, 5) is 48.8. The Kier molecular flexibility index (Phi) is 10.8. The lowest BCUT2D eigenvalue weighted by molar-refractivity contribution is -0.164. The molecule has 0 bridgehead atoms. The Balaban J connectivity index is 1.43. The summed E-state index contributed by atoms with van der Waals surface area (Å²) < 4.78 is 18.9. The monoisotopic (exact) mass is 678 g/mol. The molecule has 4 atom stereocenters. The van der Waals surface area contributed by atoms with Gasteiger partial charge in [-0.1, -0.05) is 20.3 Å². The molecule has 0 radical (unpaired) electrons. The number of hydrogen-bond acceptors (Lipinski definition) is 10. The van der Waals surface area contributed by atoms with Gasteiger partial charge in [0.2, 0.25) is 0 Å². The number of carbonyl (C=O) groups is 2. The zero-order valence-electron chi connectivity index (χ0n) is 29.9. The molecule has 2 unspecified atom stereocenters. The number of likely N-dealkylation sites (tertiary alicyclic amines) is 1. The van der Waals surface area contributed by atoms with Gasteiger partial charge in [-0.25, -0.2) is 9.78 Å². The number of piperidine rings is 1. The summed E-state index contributed by atoms with van der Waals surface area (Å²) in [6.07, 6.45) is 0.182. The summed E-state index contributed by atoms with van der Waals surface area (Å²) in [7, 11) is 3.87. The Hall–Kier alpha value is -3.84. The van der Waals surface area contributed by atoms with Crippen LogP contribution in [0.3, 0.4) is 0 Å². The fraction of sp³-hybridized carbons (Fsp3) is 0.568. The van der Waals surface area contributed by atoms with Gasteiger partial charge in [0.15, 0.2) is 6.29 Å². The SMILES string of the molecule is CCCC(O)OCc1c(CO)cc2n(c1=O)Cc1cc3c(CN(C)C)c(OC(=O)N4C[C@H](C)C(C(=O)OC(C)(C)C)C[C@H]4C)ccc3nc1-2. The summed E-state index contributed by atoms with van der Waals surface area (Å²) in [6.45, 7) is 12.0. The molecule has 5 rings (SSSR count). The molecule has 12 heteroatoms. The van der Waals surface area contributed by atoms with Gasteiger partial charge in [0, 0.05) is 41.2 Å². The maximum Gasteiger partial charge on any atom is 0.415 e. The minimum atomic E-state index is -0.993.